The maximum atomic E-state index is 12.9. The zero-order chi connectivity index (χ0) is 20.1. The van der Waals surface area contributed by atoms with Crippen LogP contribution in [0, 0.1) is 0 Å². The third kappa shape index (κ3) is 2.77. The van der Waals surface area contributed by atoms with Crippen LogP contribution in [0.1, 0.15) is 28.4 Å². The van der Waals surface area contributed by atoms with Crippen LogP contribution in [-0.4, -0.2) is 24.4 Å². The molecule has 1 heterocycles. The Labute approximate surface area is 170 Å². The molecule has 0 bridgehead atoms. The summed E-state index contributed by atoms with van der Waals surface area (Å²) in [6, 6.07) is 21.2. The van der Waals surface area contributed by atoms with Crippen molar-refractivity contribution in [2.45, 2.75) is 19.9 Å². The number of para-hydroxylation sites is 1. The lowest BCUT2D eigenvalue weighted by Crippen LogP contribution is -2.08. The number of allylic oxidation sites excluding steroid dienone is 1. The van der Waals surface area contributed by atoms with Crippen LogP contribution in [0.15, 0.2) is 66.2 Å². The summed E-state index contributed by atoms with van der Waals surface area (Å²) >= 11 is 0. The third-order valence-electron chi connectivity index (χ3n) is 5.98. The quantitative estimate of drug-likeness (QED) is 0.426. The number of ketones is 1. The molecule has 0 fully saturated rings. The SMILES string of the molecule is CCn1c2ccccc2c2cc(/C=C3/Cc4cc(N(C)C)ccc4C3=O)ccc21. The lowest BCUT2D eigenvalue weighted by Gasteiger charge is -2.13. The van der Waals surface area contributed by atoms with Gasteiger partial charge in [-0.15, -0.1) is 0 Å². The first-order chi connectivity index (χ1) is 14.1. The second-order valence-corrected chi connectivity index (χ2v) is 7.95. The maximum Gasteiger partial charge on any atom is 0.189 e. The second-order valence-electron chi connectivity index (χ2n) is 7.95. The van der Waals surface area contributed by atoms with Crippen LogP contribution >= 0.6 is 0 Å². The molecule has 5 rings (SSSR count). The predicted octanol–water partition coefficient (Wildman–Crippen LogP) is 5.70. The number of rotatable bonds is 3. The lowest BCUT2D eigenvalue weighted by molar-refractivity contribution is 0.104. The number of anilines is 1. The molecule has 0 saturated carbocycles. The minimum atomic E-state index is 0.154. The van der Waals surface area contributed by atoms with Crippen LogP contribution in [0.5, 0.6) is 0 Å². The fourth-order valence-electron chi connectivity index (χ4n) is 4.50. The Morgan fingerprint density at radius 3 is 2.55 bits per heavy atom. The summed E-state index contributed by atoms with van der Waals surface area (Å²) in [5, 5.41) is 2.51. The van der Waals surface area contributed by atoms with E-state index in [9.17, 15) is 4.79 Å². The normalized spacial score (nSPS) is 14.9. The van der Waals surface area contributed by atoms with Gasteiger partial charge in [-0.2, -0.15) is 0 Å². The Morgan fingerprint density at radius 2 is 1.76 bits per heavy atom. The van der Waals surface area contributed by atoms with Crippen molar-refractivity contribution in [2.75, 3.05) is 19.0 Å². The van der Waals surface area contributed by atoms with Crippen molar-refractivity contribution in [3.8, 4) is 0 Å². The molecule has 1 aliphatic carbocycles. The van der Waals surface area contributed by atoms with Crippen LogP contribution < -0.4 is 4.90 Å². The summed E-state index contributed by atoms with van der Waals surface area (Å²) in [6.45, 7) is 3.12. The van der Waals surface area contributed by atoms with Crippen molar-refractivity contribution in [2.24, 2.45) is 0 Å². The number of nitrogens with zero attached hydrogens (tertiary/aromatic N) is 2. The molecule has 3 heteroatoms. The van der Waals surface area contributed by atoms with Gasteiger partial charge >= 0.3 is 0 Å². The highest BCUT2D eigenvalue weighted by Crippen LogP contribution is 2.33. The molecule has 0 N–H and O–H groups in total. The summed E-state index contributed by atoms with van der Waals surface area (Å²) < 4.78 is 2.35. The summed E-state index contributed by atoms with van der Waals surface area (Å²) in [4.78, 5) is 15.0. The predicted molar refractivity (Wildman–Crippen MR) is 122 cm³/mol. The molecule has 0 amide bonds. The number of fused-ring (bicyclic) bond motifs is 4. The highest BCUT2D eigenvalue weighted by Gasteiger charge is 2.25. The number of Topliss-reactive ketones (excluding diaryl/α,β-unsaturated/α-hetero) is 1. The topological polar surface area (TPSA) is 25.2 Å². The molecule has 0 saturated heterocycles. The minimum Gasteiger partial charge on any atom is -0.378 e. The molecule has 29 heavy (non-hydrogen) atoms. The fraction of sp³-hybridized carbons (Fsp3) is 0.192. The maximum absolute atomic E-state index is 12.9. The van der Waals surface area contributed by atoms with E-state index in [1.165, 1.54) is 21.8 Å². The Kier molecular flexibility index (Phi) is 4.06. The lowest BCUT2D eigenvalue weighted by atomic mass is 10.0. The standard InChI is InChI=1S/C26H24N2O/c1-4-28-24-8-6-5-7-22(24)23-14-17(9-12-25(23)28)13-19-15-18-16-20(27(2)3)10-11-21(18)26(19)29/h5-14,16H,4,15H2,1-3H3/b19-13-. The van der Waals surface area contributed by atoms with Gasteiger partial charge in [0.2, 0.25) is 0 Å². The smallest absolute Gasteiger partial charge is 0.189 e. The largest absolute Gasteiger partial charge is 0.378 e. The van der Waals surface area contributed by atoms with Crippen molar-refractivity contribution in [1.29, 1.82) is 0 Å². The van der Waals surface area contributed by atoms with E-state index >= 15 is 0 Å². The van der Waals surface area contributed by atoms with Gasteiger partial charge in [-0.3, -0.25) is 4.79 Å². The van der Waals surface area contributed by atoms with E-state index in [4.69, 9.17) is 0 Å². The molecule has 3 aromatic carbocycles. The summed E-state index contributed by atoms with van der Waals surface area (Å²) in [5.74, 6) is 0.154. The number of benzene rings is 3. The Bertz CT molecular complexity index is 1310. The molecule has 0 unspecified atom stereocenters. The molecular weight excluding hydrogens is 356 g/mol. The molecule has 1 aromatic heterocycles. The molecule has 0 spiro atoms. The molecular formula is C26H24N2O. The van der Waals surface area contributed by atoms with Gasteiger partial charge in [0.15, 0.2) is 5.78 Å². The molecule has 0 radical (unpaired) electrons. The average molecular weight is 380 g/mol. The average Bonchev–Trinajstić information content (AvgIpc) is 3.22. The first-order valence-corrected chi connectivity index (χ1v) is 10.1. The number of carbonyl (C=O) groups excluding carboxylic acids is 1. The summed E-state index contributed by atoms with van der Waals surface area (Å²) in [6.07, 6.45) is 2.76. The Balaban J connectivity index is 1.59. The molecule has 144 valence electrons. The van der Waals surface area contributed by atoms with Crippen molar-refractivity contribution in [3.63, 3.8) is 0 Å². The van der Waals surface area contributed by atoms with Crippen molar-refractivity contribution >= 4 is 39.4 Å². The van der Waals surface area contributed by atoms with E-state index in [2.05, 4.69) is 71.0 Å². The van der Waals surface area contributed by atoms with Gasteiger partial charge in [-0.1, -0.05) is 24.3 Å². The van der Waals surface area contributed by atoms with Crippen molar-refractivity contribution in [3.05, 3.63) is 82.9 Å². The van der Waals surface area contributed by atoms with E-state index in [0.717, 1.165) is 34.5 Å². The van der Waals surface area contributed by atoms with Crippen LogP contribution in [0.4, 0.5) is 5.69 Å². The number of hydrogen-bond donors (Lipinski definition) is 0. The van der Waals surface area contributed by atoms with E-state index < -0.39 is 0 Å². The molecule has 0 atom stereocenters. The number of aryl methyl sites for hydroxylation is 1. The molecule has 3 nitrogen and oxygen atoms in total. The van der Waals surface area contributed by atoms with Crippen molar-refractivity contribution < 1.29 is 4.79 Å². The number of aromatic nitrogens is 1. The monoisotopic (exact) mass is 380 g/mol. The van der Waals surface area contributed by atoms with Crippen LogP contribution in [-0.2, 0) is 13.0 Å². The van der Waals surface area contributed by atoms with E-state index in [1.807, 2.05) is 26.2 Å². The zero-order valence-corrected chi connectivity index (χ0v) is 17.1. The molecule has 0 aliphatic heterocycles. The second kappa shape index (κ2) is 6.63. The highest BCUT2D eigenvalue weighted by atomic mass is 16.1. The van der Waals surface area contributed by atoms with Gasteiger partial charge in [-0.25, -0.2) is 0 Å². The van der Waals surface area contributed by atoms with Gasteiger partial charge in [0.05, 0.1) is 0 Å². The van der Waals surface area contributed by atoms with E-state index in [0.29, 0.717) is 6.42 Å². The number of hydrogen-bond acceptors (Lipinski definition) is 2. The molecule has 4 aromatic rings. The van der Waals surface area contributed by atoms with Crippen LogP contribution in [0.2, 0.25) is 0 Å². The Hall–Kier alpha value is -3.33. The van der Waals surface area contributed by atoms with E-state index in [-0.39, 0.29) is 5.78 Å². The minimum absolute atomic E-state index is 0.154. The highest BCUT2D eigenvalue weighted by molar-refractivity contribution is 6.16. The summed E-state index contributed by atoms with van der Waals surface area (Å²) in [7, 11) is 4.05. The van der Waals surface area contributed by atoms with Crippen molar-refractivity contribution in [1.82, 2.24) is 4.57 Å². The molecule has 1 aliphatic rings. The van der Waals surface area contributed by atoms with Gasteiger partial charge in [0.1, 0.15) is 0 Å². The van der Waals surface area contributed by atoms with Gasteiger partial charge in [0, 0.05) is 65.7 Å². The third-order valence-corrected chi connectivity index (χ3v) is 5.98. The zero-order valence-electron chi connectivity index (χ0n) is 17.1. The van der Waals surface area contributed by atoms with Crippen LogP contribution in [0.25, 0.3) is 27.9 Å². The van der Waals surface area contributed by atoms with Crippen LogP contribution in [0.3, 0.4) is 0 Å². The van der Waals surface area contributed by atoms with E-state index in [1.54, 1.807) is 0 Å². The van der Waals surface area contributed by atoms with Gasteiger partial charge in [-0.05, 0) is 60.5 Å². The van der Waals surface area contributed by atoms with Gasteiger partial charge < -0.3 is 9.47 Å². The fourth-order valence-corrected chi connectivity index (χ4v) is 4.50. The Morgan fingerprint density at radius 1 is 0.966 bits per heavy atom. The summed E-state index contributed by atoms with van der Waals surface area (Å²) in [5.41, 5.74) is 7.55. The number of carbonyl (C=O) groups is 1. The first-order valence-electron chi connectivity index (χ1n) is 10.1. The van der Waals surface area contributed by atoms with Gasteiger partial charge in [0.25, 0.3) is 0 Å². The first kappa shape index (κ1) is 17.7.